The number of nitrogens with zero attached hydrogens (tertiary/aromatic N) is 5. The molecule has 4 rings (SSSR count). The summed E-state index contributed by atoms with van der Waals surface area (Å²) in [5, 5.41) is 7.58. The minimum absolute atomic E-state index is 0.172. The van der Waals surface area contributed by atoms with Crippen LogP contribution in [-0.2, 0) is 19.6 Å². The first kappa shape index (κ1) is 21.2. The van der Waals surface area contributed by atoms with Crippen LogP contribution in [0.4, 0.5) is 10.5 Å². The van der Waals surface area contributed by atoms with Gasteiger partial charge in [0.15, 0.2) is 0 Å². The van der Waals surface area contributed by atoms with Gasteiger partial charge in [0, 0.05) is 49.3 Å². The Hall–Kier alpha value is -4.00. The Morgan fingerprint density at radius 1 is 0.906 bits per heavy atom. The van der Waals surface area contributed by atoms with Crippen LogP contribution in [0, 0.1) is 13.8 Å². The molecule has 0 unspecified atom stereocenters. The van der Waals surface area contributed by atoms with Gasteiger partial charge < -0.3 is 10.2 Å². The van der Waals surface area contributed by atoms with E-state index in [0.29, 0.717) is 19.6 Å². The third-order valence-corrected chi connectivity index (χ3v) is 5.12. The molecule has 0 bridgehead atoms. The summed E-state index contributed by atoms with van der Waals surface area (Å²) >= 11 is 0. The van der Waals surface area contributed by atoms with Crippen molar-refractivity contribution in [2.24, 2.45) is 0 Å². The molecule has 2 amide bonds. The molecule has 0 spiro atoms. The molecule has 32 heavy (non-hydrogen) atoms. The third kappa shape index (κ3) is 5.57. The van der Waals surface area contributed by atoms with Crippen LogP contribution in [-0.4, -0.2) is 30.7 Å². The Balaban J connectivity index is 1.50. The average Bonchev–Trinajstić information content (AvgIpc) is 3.11. The van der Waals surface area contributed by atoms with Crippen molar-refractivity contribution in [2.75, 3.05) is 5.32 Å². The van der Waals surface area contributed by atoms with Gasteiger partial charge >= 0.3 is 6.03 Å². The normalized spacial score (nSPS) is 10.7. The summed E-state index contributed by atoms with van der Waals surface area (Å²) in [6.07, 6.45) is 6.98. The maximum Gasteiger partial charge on any atom is 0.322 e. The monoisotopic (exact) mass is 426 g/mol. The Bertz CT molecular complexity index is 1130. The molecular formula is C25H26N6O. The van der Waals surface area contributed by atoms with E-state index in [2.05, 4.69) is 26.4 Å². The predicted octanol–water partition coefficient (Wildman–Crippen LogP) is 4.57. The highest BCUT2D eigenvalue weighted by Gasteiger charge is 2.15. The van der Waals surface area contributed by atoms with E-state index in [1.807, 2.05) is 67.1 Å². The van der Waals surface area contributed by atoms with Crippen LogP contribution in [0.5, 0.6) is 0 Å². The molecular weight excluding hydrogens is 400 g/mol. The number of aromatic nitrogens is 4. The molecule has 1 aromatic carbocycles. The number of carbonyl (C=O) groups is 1. The number of hydrogen-bond acceptors (Lipinski definition) is 4. The van der Waals surface area contributed by atoms with Gasteiger partial charge in [-0.25, -0.2) is 4.79 Å². The van der Waals surface area contributed by atoms with Gasteiger partial charge in [-0.15, -0.1) is 0 Å². The standard InChI is InChI=1S/C25H26N6O/c1-19-13-20(2)31(29-19)18-22-5-3-7-24(14-22)28-25(32)30(16-21-8-11-26-12-9-21)17-23-6-4-10-27-15-23/h3-15H,16-18H2,1-2H3,(H,28,32). The number of benzene rings is 1. The Kier molecular flexibility index (Phi) is 6.55. The third-order valence-electron chi connectivity index (χ3n) is 5.12. The Labute approximate surface area is 187 Å². The van der Waals surface area contributed by atoms with Crippen LogP contribution in [0.15, 0.2) is 79.4 Å². The highest BCUT2D eigenvalue weighted by Crippen LogP contribution is 2.16. The number of anilines is 1. The second-order valence-corrected chi connectivity index (χ2v) is 7.79. The summed E-state index contributed by atoms with van der Waals surface area (Å²) in [5.74, 6) is 0. The van der Waals surface area contributed by atoms with E-state index in [4.69, 9.17) is 0 Å². The lowest BCUT2D eigenvalue weighted by molar-refractivity contribution is 0.206. The van der Waals surface area contributed by atoms with Crippen LogP contribution in [0.2, 0.25) is 0 Å². The molecule has 7 heteroatoms. The molecule has 162 valence electrons. The van der Waals surface area contributed by atoms with Gasteiger partial charge in [-0.2, -0.15) is 5.10 Å². The van der Waals surface area contributed by atoms with Gasteiger partial charge in [0.2, 0.25) is 0 Å². The zero-order valence-electron chi connectivity index (χ0n) is 18.3. The average molecular weight is 427 g/mol. The van der Waals surface area contributed by atoms with Gasteiger partial charge in [-0.05, 0) is 66.9 Å². The zero-order chi connectivity index (χ0) is 22.3. The van der Waals surface area contributed by atoms with Gasteiger partial charge in [-0.3, -0.25) is 14.6 Å². The predicted molar refractivity (Wildman–Crippen MR) is 124 cm³/mol. The van der Waals surface area contributed by atoms with Gasteiger partial charge in [0.1, 0.15) is 0 Å². The van der Waals surface area contributed by atoms with Crippen LogP contribution >= 0.6 is 0 Å². The van der Waals surface area contributed by atoms with Crippen LogP contribution < -0.4 is 5.32 Å². The van der Waals surface area contributed by atoms with Crippen molar-refractivity contribution in [2.45, 2.75) is 33.5 Å². The van der Waals surface area contributed by atoms with Crippen LogP contribution in [0.25, 0.3) is 0 Å². The zero-order valence-corrected chi connectivity index (χ0v) is 18.3. The highest BCUT2D eigenvalue weighted by atomic mass is 16.2. The lowest BCUT2D eigenvalue weighted by atomic mass is 10.2. The number of pyridine rings is 2. The molecule has 0 saturated carbocycles. The van der Waals surface area contributed by atoms with Crippen LogP contribution in [0.3, 0.4) is 0 Å². The molecule has 0 radical (unpaired) electrons. The van der Waals surface area contributed by atoms with E-state index in [-0.39, 0.29) is 6.03 Å². The number of aryl methyl sites for hydroxylation is 2. The molecule has 4 aromatic rings. The maximum atomic E-state index is 13.2. The first-order valence-corrected chi connectivity index (χ1v) is 10.5. The minimum atomic E-state index is -0.172. The molecule has 0 fully saturated rings. The highest BCUT2D eigenvalue weighted by molar-refractivity contribution is 5.89. The second-order valence-electron chi connectivity index (χ2n) is 7.79. The number of amides is 2. The van der Waals surface area contributed by atoms with E-state index >= 15 is 0 Å². The number of rotatable bonds is 7. The SMILES string of the molecule is Cc1cc(C)n(Cc2cccc(NC(=O)N(Cc3ccncc3)Cc3cccnc3)c2)n1. The van der Waals surface area contributed by atoms with E-state index in [1.165, 1.54) is 0 Å². The van der Waals surface area contributed by atoms with Crippen molar-refractivity contribution in [3.05, 3.63) is 107 Å². The number of nitrogens with one attached hydrogen (secondary N) is 1. The van der Waals surface area contributed by atoms with Gasteiger partial charge in [-0.1, -0.05) is 18.2 Å². The van der Waals surface area contributed by atoms with E-state index < -0.39 is 0 Å². The second kappa shape index (κ2) is 9.87. The maximum absolute atomic E-state index is 13.2. The lowest BCUT2D eigenvalue weighted by Gasteiger charge is -2.23. The molecule has 3 heterocycles. The summed E-state index contributed by atoms with van der Waals surface area (Å²) in [6.45, 7) is 5.60. The minimum Gasteiger partial charge on any atom is -0.316 e. The topological polar surface area (TPSA) is 75.9 Å². The van der Waals surface area contributed by atoms with Crippen molar-refractivity contribution < 1.29 is 4.79 Å². The van der Waals surface area contributed by atoms with E-state index in [0.717, 1.165) is 33.8 Å². The molecule has 3 aromatic heterocycles. The van der Waals surface area contributed by atoms with Crippen molar-refractivity contribution in [1.29, 1.82) is 0 Å². The smallest absolute Gasteiger partial charge is 0.316 e. The molecule has 0 aliphatic rings. The number of hydrogen-bond donors (Lipinski definition) is 1. The molecule has 0 saturated heterocycles. The molecule has 1 N–H and O–H groups in total. The molecule has 0 atom stereocenters. The van der Waals surface area contributed by atoms with E-state index in [1.54, 1.807) is 29.7 Å². The van der Waals surface area contributed by atoms with Crippen molar-refractivity contribution in [3.63, 3.8) is 0 Å². The molecule has 0 aliphatic carbocycles. The summed E-state index contributed by atoms with van der Waals surface area (Å²) in [7, 11) is 0. The Morgan fingerprint density at radius 3 is 2.41 bits per heavy atom. The lowest BCUT2D eigenvalue weighted by Crippen LogP contribution is -2.34. The molecule has 0 aliphatic heterocycles. The quantitative estimate of drug-likeness (QED) is 0.470. The fraction of sp³-hybridized carbons (Fsp3) is 0.200. The van der Waals surface area contributed by atoms with Crippen LogP contribution in [0.1, 0.15) is 28.1 Å². The fourth-order valence-electron chi connectivity index (χ4n) is 3.58. The number of carbonyl (C=O) groups excluding carboxylic acids is 1. The van der Waals surface area contributed by atoms with Crippen molar-refractivity contribution in [3.8, 4) is 0 Å². The first-order chi connectivity index (χ1) is 15.6. The van der Waals surface area contributed by atoms with Crippen molar-refractivity contribution in [1.82, 2.24) is 24.6 Å². The summed E-state index contributed by atoms with van der Waals surface area (Å²) in [4.78, 5) is 23.2. The van der Waals surface area contributed by atoms with E-state index in [9.17, 15) is 4.79 Å². The first-order valence-electron chi connectivity index (χ1n) is 10.5. The number of urea groups is 1. The van der Waals surface area contributed by atoms with Crippen molar-refractivity contribution >= 4 is 11.7 Å². The van der Waals surface area contributed by atoms with Gasteiger partial charge in [0.25, 0.3) is 0 Å². The largest absolute Gasteiger partial charge is 0.322 e. The molecule has 7 nitrogen and oxygen atoms in total. The Morgan fingerprint density at radius 2 is 1.69 bits per heavy atom. The summed E-state index contributed by atoms with van der Waals surface area (Å²) in [6, 6.07) is 17.4. The fourth-order valence-corrected chi connectivity index (χ4v) is 3.58. The summed E-state index contributed by atoms with van der Waals surface area (Å²) in [5.41, 5.74) is 5.90. The summed E-state index contributed by atoms with van der Waals surface area (Å²) < 4.78 is 1.97. The van der Waals surface area contributed by atoms with Gasteiger partial charge in [0.05, 0.1) is 12.2 Å².